The van der Waals surface area contributed by atoms with Gasteiger partial charge >= 0.3 is 0 Å². The minimum absolute atomic E-state index is 0.486. The fourth-order valence-corrected chi connectivity index (χ4v) is 3.31. The zero-order valence-corrected chi connectivity index (χ0v) is 13.0. The van der Waals surface area contributed by atoms with Gasteiger partial charge in [0.05, 0.1) is 5.60 Å². The van der Waals surface area contributed by atoms with E-state index in [9.17, 15) is 5.11 Å². The number of rotatable bonds is 2. The average molecular weight is 323 g/mol. The van der Waals surface area contributed by atoms with Crippen molar-refractivity contribution in [2.24, 2.45) is 0 Å². The van der Waals surface area contributed by atoms with Crippen LogP contribution in [0.5, 0.6) is 0 Å². The molecule has 3 rings (SSSR count). The van der Waals surface area contributed by atoms with Crippen molar-refractivity contribution in [3.63, 3.8) is 0 Å². The van der Waals surface area contributed by atoms with E-state index in [1.807, 2.05) is 36.4 Å². The molecule has 0 bridgehead atoms. The van der Waals surface area contributed by atoms with Crippen molar-refractivity contribution in [2.75, 3.05) is 18.0 Å². The molecule has 110 valence electrons. The summed E-state index contributed by atoms with van der Waals surface area (Å²) in [4.78, 5) is 6.20. The van der Waals surface area contributed by atoms with Crippen LogP contribution < -0.4 is 4.90 Å². The van der Waals surface area contributed by atoms with Crippen LogP contribution >= 0.6 is 23.2 Å². The molecule has 0 aliphatic carbocycles. The maximum Gasteiger partial charge on any atom is 0.131 e. The molecule has 21 heavy (non-hydrogen) atoms. The van der Waals surface area contributed by atoms with Crippen molar-refractivity contribution in [3.05, 3.63) is 58.3 Å². The predicted molar refractivity (Wildman–Crippen MR) is 86.0 cm³/mol. The van der Waals surface area contributed by atoms with Crippen molar-refractivity contribution < 1.29 is 5.11 Å². The van der Waals surface area contributed by atoms with Crippen LogP contribution in [0.2, 0.25) is 10.2 Å². The first-order chi connectivity index (χ1) is 10.1. The van der Waals surface area contributed by atoms with Crippen LogP contribution in [0.4, 0.5) is 5.69 Å². The minimum atomic E-state index is -0.855. The fraction of sp³-hybridized carbons (Fsp3) is 0.312. The van der Waals surface area contributed by atoms with Gasteiger partial charge in [0.1, 0.15) is 5.15 Å². The lowest BCUT2D eigenvalue weighted by Gasteiger charge is -2.40. The first-order valence-corrected chi connectivity index (χ1v) is 7.68. The van der Waals surface area contributed by atoms with Gasteiger partial charge in [0.15, 0.2) is 0 Å². The van der Waals surface area contributed by atoms with Gasteiger partial charge in [0.2, 0.25) is 0 Å². The number of pyridine rings is 1. The van der Waals surface area contributed by atoms with Crippen LogP contribution in [-0.4, -0.2) is 23.2 Å². The van der Waals surface area contributed by atoms with Gasteiger partial charge in [-0.15, -0.1) is 0 Å². The highest BCUT2D eigenvalue weighted by atomic mass is 35.5. The summed E-state index contributed by atoms with van der Waals surface area (Å²) < 4.78 is 0. The molecule has 0 spiro atoms. The van der Waals surface area contributed by atoms with E-state index in [2.05, 4.69) is 9.88 Å². The lowest BCUT2D eigenvalue weighted by atomic mass is 9.84. The monoisotopic (exact) mass is 322 g/mol. The average Bonchev–Trinajstić information content (AvgIpc) is 2.48. The van der Waals surface area contributed by atoms with E-state index >= 15 is 0 Å². The normalized spacial score (nSPS) is 17.8. The van der Waals surface area contributed by atoms with Gasteiger partial charge in [-0.25, -0.2) is 4.98 Å². The summed E-state index contributed by atoms with van der Waals surface area (Å²) in [7, 11) is 0. The number of hydrogen-bond donors (Lipinski definition) is 1. The van der Waals surface area contributed by atoms with E-state index in [1.54, 1.807) is 6.20 Å². The van der Waals surface area contributed by atoms with Crippen molar-refractivity contribution in [3.8, 4) is 0 Å². The lowest BCUT2D eigenvalue weighted by Crippen LogP contribution is -2.42. The first kappa shape index (κ1) is 14.6. The largest absolute Gasteiger partial charge is 0.385 e. The molecule has 0 amide bonds. The summed E-state index contributed by atoms with van der Waals surface area (Å²) >= 11 is 12.2. The standard InChI is InChI=1S/C16H16Cl2N2O/c17-14-4-2-1-3-13(14)16(21)6-9-20(10-7-16)12-5-8-19-15(18)11-12/h1-5,8,11,21H,6-7,9-10H2. The van der Waals surface area contributed by atoms with Crippen LogP contribution in [0.15, 0.2) is 42.6 Å². The highest BCUT2D eigenvalue weighted by Gasteiger charge is 2.35. The zero-order valence-electron chi connectivity index (χ0n) is 11.5. The topological polar surface area (TPSA) is 36.4 Å². The maximum absolute atomic E-state index is 10.9. The molecule has 1 fully saturated rings. The third kappa shape index (κ3) is 3.00. The van der Waals surface area contributed by atoms with Crippen LogP contribution in [0.25, 0.3) is 0 Å². The summed E-state index contributed by atoms with van der Waals surface area (Å²) in [5, 5.41) is 12.0. The molecule has 1 saturated heterocycles. The Balaban J connectivity index is 1.77. The quantitative estimate of drug-likeness (QED) is 0.852. The van der Waals surface area contributed by atoms with Gasteiger partial charge in [-0.1, -0.05) is 41.4 Å². The summed E-state index contributed by atoms with van der Waals surface area (Å²) in [5.41, 5.74) is 1.00. The summed E-state index contributed by atoms with van der Waals surface area (Å²) in [6, 6.07) is 11.3. The van der Waals surface area contributed by atoms with Crippen LogP contribution in [0.3, 0.4) is 0 Å². The van der Waals surface area contributed by atoms with E-state index in [4.69, 9.17) is 23.2 Å². The van der Waals surface area contributed by atoms with Gasteiger partial charge in [-0.2, -0.15) is 0 Å². The number of nitrogens with zero attached hydrogens (tertiary/aromatic N) is 2. The van der Waals surface area contributed by atoms with E-state index < -0.39 is 5.60 Å². The SMILES string of the molecule is OC1(c2ccccc2Cl)CCN(c2ccnc(Cl)c2)CC1. The number of halogens is 2. The molecule has 2 heterocycles. The van der Waals surface area contributed by atoms with Crippen LogP contribution in [-0.2, 0) is 5.60 Å². The lowest BCUT2D eigenvalue weighted by molar-refractivity contribution is 0.0119. The number of benzene rings is 1. The molecule has 1 aromatic carbocycles. The van der Waals surface area contributed by atoms with Crippen molar-refractivity contribution in [1.29, 1.82) is 0 Å². The Morgan fingerprint density at radius 3 is 2.48 bits per heavy atom. The molecule has 0 unspecified atom stereocenters. The molecule has 2 aromatic rings. The highest BCUT2D eigenvalue weighted by Crippen LogP contribution is 2.37. The Morgan fingerprint density at radius 1 is 1.10 bits per heavy atom. The van der Waals surface area contributed by atoms with Crippen molar-refractivity contribution >= 4 is 28.9 Å². The second kappa shape index (κ2) is 5.84. The zero-order chi connectivity index (χ0) is 14.9. The number of aliphatic hydroxyl groups is 1. The maximum atomic E-state index is 10.9. The molecule has 1 aromatic heterocycles. The minimum Gasteiger partial charge on any atom is -0.385 e. The third-order valence-electron chi connectivity index (χ3n) is 4.04. The summed E-state index contributed by atoms with van der Waals surface area (Å²) in [6.45, 7) is 1.50. The molecule has 0 saturated carbocycles. The fourth-order valence-electron chi connectivity index (χ4n) is 2.83. The molecule has 0 atom stereocenters. The molecule has 3 nitrogen and oxygen atoms in total. The highest BCUT2D eigenvalue weighted by molar-refractivity contribution is 6.31. The second-order valence-electron chi connectivity index (χ2n) is 5.34. The molecular weight excluding hydrogens is 307 g/mol. The summed E-state index contributed by atoms with van der Waals surface area (Å²) in [6.07, 6.45) is 2.97. The molecule has 1 aliphatic rings. The smallest absolute Gasteiger partial charge is 0.131 e. The van der Waals surface area contributed by atoms with Crippen molar-refractivity contribution in [1.82, 2.24) is 4.98 Å². The molecule has 1 aliphatic heterocycles. The van der Waals surface area contributed by atoms with Crippen LogP contribution in [0.1, 0.15) is 18.4 Å². The Morgan fingerprint density at radius 2 is 1.81 bits per heavy atom. The number of hydrogen-bond acceptors (Lipinski definition) is 3. The Labute approximate surface area is 134 Å². The van der Waals surface area contributed by atoms with E-state index in [0.29, 0.717) is 23.0 Å². The van der Waals surface area contributed by atoms with E-state index in [-0.39, 0.29) is 0 Å². The second-order valence-corrected chi connectivity index (χ2v) is 6.13. The first-order valence-electron chi connectivity index (χ1n) is 6.92. The predicted octanol–water partition coefficient (Wildman–Crippen LogP) is 3.88. The van der Waals surface area contributed by atoms with E-state index in [1.165, 1.54) is 0 Å². The van der Waals surface area contributed by atoms with Crippen LogP contribution in [0, 0.1) is 0 Å². The number of anilines is 1. The Hall–Kier alpha value is -1.29. The number of piperidine rings is 1. The molecule has 1 N–H and O–H groups in total. The number of aromatic nitrogens is 1. The Bertz CT molecular complexity index is 640. The van der Waals surface area contributed by atoms with Gasteiger partial charge in [-0.05, 0) is 31.0 Å². The summed E-state index contributed by atoms with van der Waals surface area (Å²) in [5.74, 6) is 0. The van der Waals surface area contributed by atoms with E-state index in [0.717, 1.165) is 24.3 Å². The third-order valence-corrected chi connectivity index (χ3v) is 4.58. The van der Waals surface area contributed by atoms with Gasteiger partial charge in [-0.3, -0.25) is 0 Å². The van der Waals surface area contributed by atoms with Gasteiger partial charge < -0.3 is 10.0 Å². The molecule has 0 radical (unpaired) electrons. The molecule has 5 heteroatoms. The van der Waals surface area contributed by atoms with Crippen molar-refractivity contribution in [2.45, 2.75) is 18.4 Å². The van der Waals surface area contributed by atoms with Gasteiger partial charge in [0, 0.05) is 35.6 Å². The van der Waals surface area contributed by atoms with Gasteiger partial charge in [0.25, 0.3) is 0 Å². The molecular formula is C16H16Cl2N2O. The Kier molecular flexibility index (Phi) is 4.07.